The smallest absolute Gasteiger partial charge is 0.131 e. The lowest BCUT2D eigenvalue weighted by Gasteiger charge is -2.27. The number of anilines is 1. The van der Waals surface area contributed by atoms with E-state index in [0.29, 0.717) is 17.2 Å². The Labute approximate surface area is 127 Å². The molecule has 0 amide bonds. The molecule has 0 radical (unpaired) electrons. The molecule has 1 aromatic rings. The van der Waals surface area contributed by atoms with Gasteiger partial charge in [0, 0.05) is 19.0 Å². The topological polar surface area (TPSA) is 29.0 Å². The van der Waals surface area contributed by atoms with Crippen molar-refractivity contribution in [1.82, 2.24) is 9.97 Å². The van der Waals surface area contributed by atoms with E-state index in [1.54, 1.807) is 0 Å². The largest absolute Gasteiger partial charge is 0.368 e. The van der Waals surface area contributed by atoms with Gasteiger partial charge in [0.2, 0.25) is 0 Å². The third-order valence-electron chi connectivity index (χ3n) is 4.79. The lowest BCUT2D eigenvalue weighted by molar-refractivity contribution is 0.301. The van der Waals surface area contributed by atoms with Crippen LogP contribution in [0.2, 0.25) is 0 Å². The standard InChI is InChI=1S/C16H26ClN3/c1-5-16(6-2)7-8-20(11-16)14-10-18-15(12(3)4)19-13(14)9-17/h10,12H,5-9,11H2,1-4H3. The van der Waals surface area contributed by atoms with Crippen LogP contribution in [0, 0.1) is 5.41 Å². The van der Waals surface area contributed by atoms with Crippen molar-refractivity contribution in [2.24, 2.45) is 5.41 Å². The summed E-state index contributed by atoms with van der Waals surface area (Å²) in [7, 11) is 0. The highest BCUT2D eigenvalue weighted by Gasteiger charge is 2.35. The lowest BCUT2D eigenvalue weighted by Crippen LogP contribution is -2.27. The molecule has 1 saturated heterocycles. The second-order valence-electron chi connectivity index (χ2n) is 6.23. The van der Waals surface area contributed by atoms with E-state index in [1.165, 1.54) is 19.3 Å². The van der Waals surface area contributed by atoms with Gasteiger partial charge in [-0.2, -0.15) is 0 Å². The van der Waals surface area contributed by atoms with E-state index in [0.717, 1.165) is 30.3 Å². The predicted octanol–water partition coefficient (Wildman–Crippen LogP) is 4.36. The number of aromatic nitrogens is 2. The maximum atomic E-state index is 6.11. The van der Waals surface area contributed by atoms with Crippen molar-refractivity contribution < 1.29 is 0 Å². The third-order valence-corrected chi connectivity index (χ3v) is 5.04. The zero-order chi connectivity index (χ0) is 14.8. The Balaban J connectivity index is 2.26. The second kappa shape index (κ2) is 6.30. The van der Waals surface area contributed by atoms with Crippen LogP contribution in [0.5, 0.6) is 0 Å². The van der Waals surface area contributed by atoms with Gasteiger partial charge in [0.1, 0.15) is 5.82 Å². The molecule has 0 N–H and O–H groups in total. The number of halogens is 1. The maximum Gasteiger partial charge on any atom is 0.131 e. The minimum absolute atomic E-state index is 0.343. The Bertz CT molecular complexity index is 455. The Hall–Kier alpha value is -0.830. The zero-order valence-corrected chi connectivity index (χ0v) is 13.9. The number of rotatable bonds is 5. The molecule has 0 saturated carbocycles. The summed E-state index contributed by atoms with van der Waals surface area (Å²) in [6, 6.07) is 0. The van der Waals surface area contributed by atoms with Crippen LogP contribution in [0.4, 0.5) is 5.69 Å². The molecule has 0 aliphatic carbocycles. The lowest BCUT2D eigenvalue weighted by atomic mass is 9.82. The SMILES string of the molecule is CCC1(CC)CCN(c2cnc(C(C)C)nc2CCl)C1. The first-order valence-electron chi connectivity index (χ1n) is 7.72. The summed E-state index contributed by atoms with van der Waals surface area (Å²) in [4.78, 5) is 11.6. The Kier molecular flexibility index (Phi) is 4.90. The zero-order valence-electron chi connectivity index (χ0n) is 13.1. The molecule has 2 rings (SSSR count). The molecule has 0 bridgehead atoms. The van der Waals surface area contributed by atoms with Crippen molar-refractivity contribution in [2.45, 2.75) is 58.8 Å². The van der Waals surface area contributed by atoms with Crippen molar-refractivity contribution in [3.63, 3.8) is 0 Å². The molecule has 1 aliphatic rings. The van der Waals surface area contributed by atoms with Gasteiger partial charge in [0.05, 0.1) is 23.5 Å². The number of alkyl halides is 1. The van der Waals surface area contributed by atoms with E-state index < -0.39 is 0 Å². The molecule has 4 heteroatoms. The van der Waals surface area contributed by atoms with Gasteiger partial charge in [-0.05, 0) is 24.7 Å². The molecule has 112 valence electrons. The van der Waals surface area contributed by atoms with Crippen LogP contribution in [-0.4, -0.2) is 23.1 Å². The van der Waals surface area contributed by atoms with Gasteiger partial charge in [-0.3, -0.25) is 0 Å². The average molecular weight is 296 g/mol. The highest BCUT2D eigenvalue weighted by molar-refractivity contribution is 6.17. The maximum absolute atomic E-state index is 6.11. The fraction of sp³-hybridized carbons (Fsp3) is 0.750. The van der Waals surface area contributed by atoms with Gasteiger partial charge >= 0.3 is 0 Å². The molecule has 2 heterocycles. The van der Waals surface area contributed by atoms with Crippen molar-refractivity contribution in [2.75, 3.05) is 18.0 Å². The summed E-state index contributed by atoms with van der Waals surface area (Å²) >= 11 is 6.11. The molecule has 0 aromatic carbocycles. The van der Waals surface area contributed by atoms with Crippen LogP contribution in [0.25, 0.3) is 0 Å². The number of hydrogen-bond acceptors (Lipinski definition) is 3. The molecular weight excluding hydrogens is 270 g/mol. The van der Waals surface area contributed by atoms with Crippen molar-refractivity contribution in [1.29, 1.82) is 0 Å². The minimum Gasteiger partial charge on any atom is -0.368 e. The van der Waals surface area contributed by atoms with E-state index in [9.17, 15) is 0 Å². The fourth-order valence-electron chi connectivity index (χ4n) is 3.03. The first-order chi connectivity index (χ1) is 9.55. The van der Waals surface area contributed by atoms with Crippen molar-refractivity contribution in [3.8, 4) is 0 Å². The Morgan fingerprint density at radius 3 is 2.55 bits per heavy atom. The molecular formula is C16H26ClN3. The fourth-order valence-corrected chi connectivity index (χ4v) is 3.23. The molecule has 1 aliphatic heterocycles. The van der Waals surface area contributed by atoms with Gasteiger partial charge in [0.15, 0.2) is 0 Å². The van der Waals surface area contributed by atoms with Crippen LogP contribution in [0.1, 0.15) is 64.4 Å². The van der Waals surface area contributed by atoms with E-state index in [1.807, 2.05) is 6.20 Å². The molecule has 0 atom stereocenters. The predicted molar refractivity (Wildman–Crippen MR) is 85.5 cm³/mol. The summed E-state index contributed by atoms with van der Waals surface area (Å²) in [6.07, 6.45) is 5.71. The van der Waals surface area contributed by atoms with Gasteiger partial charge < -0.3 is 4.90 Å². The molecule has 1 fully saturated rings. The molecule has 20 heavy (non-hydrogen) atoms. The summed E-state index contributed by atoms with van der Waals surface area (Å²) in [5, 5.41) is 0. The van der Waals surface area contributed by atoms with E-state index in [4.69, 9.17) is 11.6 Å². The number of hydrogen-bond donors (Lipinski definition) is 0. The molecule has 3 nitrogen and oxygen atoms in total. The Morgan fingerprint density at radius 2 is 2.05 bits per heavy atom. The van der Waals surface area contributed by atoms with Gasteiger partial charge in [0.25, 0.3) is 0 Å². The van der Waals surface area contributed by atoms with E-state index >= 15 is 0 Å². The quantitative estimate of drug-likeness (QED) is 0.756. The number of nitrogens with zero attached hydrogens (tertiary/aromatic N) is 3. The van der Waals surface area contributed by atoms with Crippen molar-refractivity contribution in [3.05, 3.63) is 17.7 Å². The van der Waals surface area contributed by atoms with Crippen molar-refractivity contribution >= 4 is 17.3 Å². The van der Waals surface area contributed by atoms with Gasteiger partial charge in [-0.25, -0.2) is 9.97 Å². The highest BCUT2D eigenvalue weighted by atomic mass is 35.5. The molecule has 1 aromatic heterocycles. The average Bonchev–Trinajstić information content (AvgIpc) is 2.91. The summed E-state index contributed by atoms with van der Waals surface area (Å²) in [5.74, 6) is 1.69. The summed E-state index contributed by atoms with van der Waals surface area (Å²) < 4.78 is 0. The van der Waals surface area contributed by atoms with Crippen LogP contribution < -0.4 is 4.90 Å². The first kappa shape index (κ1) is 15.6. The minimum atomic E-state index is 0.343. The molecule has 0 unspecified atom stereocenters. The first-order valence-corrected chi connectivity index (χ1v) is 8.25. The van der Waals surface area contributed by atoms with E-state index in [-0.39, 0.29) is 0 Å². The van der Waals surface area contributed by atoms with E-state index in [2.05, 4.69) is 42.6 Å². The van der Waals surface area contributed by atoms with Crippen LogP contribution in [-0.2, 0) is 5.88 Å². The third kappa shape index (κ3) is 2.93. The summed E-state index contributed by atoms with van der Waals surface area (Å²) in [5.41, 5.74) is 2.57. The van der Waals surface area contributed by atoms with Crippen LogP contribution in [0.3, 0.4) is 0 Å². The van der Waals surface area contributed by atoms with Gasteiger partial charge in [-0.15, -0.1) is 11.6 Å². The van der Waals surface area contributed by atoms with Crippen LogP contribution >= 0.6 is 11.6 Å². The monoisotopic (exact) mass is 295 g/mol. The highest BCUT2D eigenvalue weighted by Crippen LogP contribution is 2.39. The summed E-state index contributed by atoms with van der Waals surface area (Å²) in [6.45, 7) is 11.0. The second-order valence-corrected chi connectivity index (χ2v) is 6.49. The molecule has 0 spiro atoms. The Morgan fingerprint density at radius 1 is 1.35 bits per heavy atom. The normalized spacial score (nSPS) is 18.0. The van der Waals surface area contributed by atoms with Crippen LogP contribution in [0.15, 0.2) is 6.20 Å². The van der Waals surface area contributed by atoms with Gasteiger partial charge in [-0.1, -0.05) is 27.7 Å².